The Labute approximate surface area is 118 Å². The van der Waals surface area contributed by atoms with E-state index >= 15 is 0 Å². The highest BCUT2D eigenvalue weighted by Crippen LogP contribution is 2.27. The highest BCUT2D eigenvalue weighted by molar-refractivity contribution is 7.17. The molecule has 0 aliphatic heterocycles. The van der Waals surface area contributed by atoms with E-state index in [-0.39, 0.29) is 5.56 Å². The number of aromatic nitrogens is 1. The van der Waals surface area contributed by atoms with Crippen molar-refractivity contribution in [1.82, 2.24) is 4.98 Å². The largest absolute Gasteiger partial charge is 0.478 e. The monoisotopic (exact) mass is 285 g/mol. The molecule has 3 aromatic rings. The lowest BCUT2D eigenvalue weighted by Crippen LogP contribution is -2.03. The Morgan fingerprint density at radius 2 is 2.15 bits per heavy atom. The number of aromatic carboxylic acids is 1. The van der Waals surface area contributed by atoms with Gasteiger partial charge in [-0.15, -0.1) is 11.3 Å². The van der Waals surface area contributed by atoms with Crippen molar-refractivity contribution >= 4 is 44.6 Å². The second kappa shape index (κ2) is 4.82. The summed E-state index contributed by atoms with van der Waals surface area (Å²) < 4.78 is 1.21. The maximum absolute atomic E-state index is 10.8. The molecule has 100 valence electrons. The first-order valence-electron chi connectivity index (χ1n) is 5.86. The molecule has 0 saturated carbocycles. The van der Waals surface area contributed by atoms with Crippen LogP contribution in [0.5, 0.6) is 0 Å². The SMILES string of the molecule is Nc1cc(C(=O)O)cnc1Nc1ccc2sccc2c1. The zero-order valence-corrected chi connectivity index (χ0v) is 11.1. The van der Waals surface area contributed by atoms with Gasteiger partial charge < -0.3 is 16.2 Å². The van der Waals surface area contributed by atoms with Crippen LogP contribution in [-0.2, 0) is 0 Å². The Morgan fingerprint density at radius 1 is 1.30 bits per heavy atom. The highest BCUT2D eigenvalue weighted by atomic mass is 32.1. The summed E-state index contributed by atoms with van der Waals surface area (Å²) in [5.74, 6) is -0.597. The van der Waals surface area contributed by atoms with E-state index in [0.29, 0.717) is 11.5 Å². The van der Waals surface area contributed by atoms with E-state index in [1.54, 1.807) is 11.3 Å². The first-order valence-corrected chi connectivity index (χ1v) is 6.74. The van der Waals surface area contributed by atoms with Crippen LogP contribution in [0, 0.1) is 0 Å². The molecule has 6 heteroatoms. The number of nitrogens with one attached hydrogen (secondary N) is 1. The molecular weight excluding hydrogens is 274 g/mol. The number of nitrogens with two attached hydrogens (primary N) is 1. The molecule has 3 rings (SSSR count). The molecule has 2 heterocycles. The fourth-order valence-corrected chi connectivity index (χ4v) is 2.66. The zero-order chi connectivity index (χ0) is 14.1. The number of hydrogen-bond acceptors (Lipinski definition) is 5. The molecule has 0 saturated heterocycles. The third-order valence-electron chi connectivity index (χ3n) is 2.88. The van der Waals surface area contributed by atoms with Crippen LogP contribution in [0.2, 0.25) is 0 Å². The van der Waals surface area contributed by atoms with Crippen LogP contribution in [0.1, 0.15) is 10.4 Å². The Hall–Kier alpha value is -2.60. The van der Waals surface area contributed by atoms with Crippen LogP contribution in [0.3, 0.4) is 0 Å². The summed E-state index contributed by atoms with van der Waals surface area (Å²) >= 11 is 1.68. The van der Waals surface area contributed by atoms with Crippen LogP contribution in [0.4, 0.5) is 17.2 Å². The van der Waals surface area contributed by atoms with Crippen LogP contribution >= 0.6 is 11.3 Å². The van der Waals surface area contributed by atoms with E-state index in [1.807, 2.05) is 29.6 Å². The Bertz CT molecular complexity index is 798. The van der Waals surface area contributed by atoms with Gasteiger partial charge in [-0.3, -0.25) is 0 Å². The highest BCUT2D eigenvalue weighted by Gasteiger charge is 2.08. The lowest BCUT2D eigenvalue weighted by molar-refractivity contribution is 0.0696. The molecule has 0 aliphatic carbocycles. The number of thiophene rings is 1. The van der Waals surface area contributed by atoms with Crippen LogP contribution in [0.25, 0.3) is 10.1 Å². The van der Waals surface area contributed by atoms with Gasteiger partial charge in [-0.05, 0) is 41.1 Å². The van der Waals surface area contributed by atoms with E-state index in [4.69, 9.17) is 10.8 Å². The third kappa shape index (κ3) is 2.28. The van der Waals surface area contributed by atoms with Gasteiger partial charge in [0.25, 0.3) is 0 Å². The first kappa shape index (κ1) is 12.4. The van der Waals surface area contributed by atoms with Crippen LogP contribution < -0.4 is 11.1 Å². The number of carbonyl (C=O) groups is 1. The normalized spacial score (nSPS) is 10.6. The predicted octanol–water partition coefficient (Wildman–Crippen LogP) is 3.32. The van der Waals surface area contributed by atoms with Gasteiger partial charge >= 0.3 is 5.97 Å². The van der Waals surface area contributed by atoms with E-state index in [2.05, 4.69) is 10.3 Å². The molecule has 20 heavy (non-hydrogen) atoms. The second-order valence-electron chi connectivity index (χ2n) is 4.27. The number of pyridine rings is 1. The van der Waals surface area contributed by atoms with Gasteiger partial charge in [0.1, 0.15) is 0 Å². The van der Waals surface area contributed by atoms with Gasteiger partial charge in [0.05, 0.1) is 11.3 Å². The minimum Gasteiger partial charge on any atom is -0.478 e. The number of nitrogens with zero attached hydrogens (tertiary/aromatic N) is 1. The molecule has 0 amide bonds. The van der Waals surface area contributed by atoms with E-state index in [1.165, 1.54) is 17.0 Å². The summed E-state index contributed by atoms with van der Waals surface area (Å²) in [7, 11) is 0. The van der Waals surface area contributed by atoms with Gasteiger partial charge in [0, 0.05) is 16.6 Å². The number of carboxylic acids is 1. The molecule has 0 aliphatic rings. The molecule has 0 atom stereocenters. The molecule has 1 aromatic carbocycles. The van der Waals surface area contributed by atoms with Crippen molar-refractivity contribution in [1.29, 1.82) is 0 Å². The summed E-state index contributed by atoms with van der Waals surface area (Å²) in [5, 5.41) is 15.1. The number of anilines is 3. The Morgan fingerprint density at radius 3 is 2.90 bits per heavy atom. The van der Waals surface area contributed by atoms with E-state index in [9.17, 15) is 4.79 Å². The average molecular weight is 285 g/mol. The molecule has 0 bridgehead atoms. The molecule has 0 unspecified atom stereocenters. The van der Waals surface area contributed by atoms with Gasteiger partial charge in [-0.1, -0.05) is 0 Å². The lowest BCUT2D eigenvalue weighted by Gasteiger charge is -2.09. The number of hydrogen-bond donors (Lipinski definition) is 3. The molecule has 5 nitrogen and oxygen atoms in total. The van der Waals surface area contributed by atoms with Crippen molar-refractivity contribution in [3.05, 3.63) is 47.5 Å². The topological polar surface area (TPSA) is 88.2 Å². The lowest BCUT2D eigenvalue weighted by atomic mass is 10.2. The van der Waals surface area contributed by atoms with Crippen LogP contribution in [0.15, 0.2) is 41.9 Å². The number of nitrogen functional groups attached to an aromatic ring is 1. The first-order chi connectivity index (χ1) is 9.63. The maximum Gasteiger partial charge on any atom is 0.337 e. The molecule has 0 radical (unpaired) electrons. The maximum atomic E-state index is 10.8. The summed E-state index contributed by atoms with van der Waals surface area (Å²) in [4.78, 5) is 14.9. The van der Waals surface area contributed by atoms with Gasteiger partial charge in [-0.2, -0.15) is 0 Å². The second-order valence-corrected chi connectivity index (χ2v) is 5.21. The smallest absolute Gasteiger partial charge is 0.337 e. The molecule has 0 spiro atoms. The number of benzene rings is 1. The predicted molar refractivity (Wildman–Crippen MR) is 80.7 cm³/mol. The summed E-state index contributed by atoms with van der Waals surface area (Å²) in [6.45, 7) is 0. The van der Waals surface area contributed by atoms with Crippen molar-refractivity contribution < 1.29 is 9.90 Å². The standard InChI is InChI=1S/C14H11N3O2S/c15-11-6-9(14(18)19)7-16-13(11)17-10-1-2-12-8(5-10)3-4-20-12/h1-7H,15H2,(H,16,17)(H,18,19). The molecule has 0 fully saturated rings. The molecule has 4 N–H and O–H groups in total. The number of fused-ring (bicyclic) bond motifs is 1. The quantitative estimate of drug-likeness (QED) is 0.687. The van der Waals surface area contributed by atoms with Gasteiger partial charge in [0.2, 0.25) is 0 Å². The van der Waals surface area contributed by atoms with E-state index in [0.717, 1.165) is 11.1 Å². The van der Waals surface area contributed by atoms with Crippen molar-refractivity contribution in [3.63, 3.8) is 0 Å². The number of rotatable bonds is 3. The average Bonchev–Trinajstić information content (AvgIpc) is 2.88. The fraction of sp³-hybridized carbons (Fsp3) is 0. The minimum absolute atomic E-state index is 0.0707. The molecule has 2 aromatic heterocycles. The third-order valence-corrected chi connectivity index (χ3v) is 3.78. The summed E-state index contributed by atoms with van der Waals surface area (Å²) in [5.41, 5.74) is 7.04. The molecular formula is C14H11N3O2S. The van der Waals surface area contributed by atoms with Crippen molar-refractivity contribution in [3.8, 4) is 0 Å². The fourth-order valence-electron chi connectivity index (χ4n) is 1.88. The number of carboxylic acid groups (broad SMARTS) is 1. The summed E-state index contributed by atoms with van der Waals surface area (Å²) in [6.07, 6.45) is 1.28. The van der Waals surface area contributed by atoms with Crippen molar-refractivity contribution in [2.24, 2.45) is 0 Å². The van der Waals surface area contributed by atoms with Crippen LogP contribution in [-0.4, -0.2) is 16.1 Å². The Balaban J connectivity index is 1.92. The van der Waals surface area contributed by atoms with Crippen molar-refractivity contribution in [2.75, 3.05) is 11.1 Å². The van der Waals surface area contributed by atoms with Gasteiger partial charge in [0.15, 0.2) is 5.82 Å². The Kier molecular flexibility index (Phi) is 3.00. The summed E-state index contributed by atoms with van der Waals surface area (Å²) in [6, 6.07) is 9.38. The minimum atomic E-state index is -1.05. The van der Waals surface area contributed by atoms with Gasteiger partial charge in [-0.25, -0.2) is 9.78 Å². The van der Waals surface area contributed by atoms with E-state index < -0.39 is 5.97 Å². The zero-order valence-electron chi connectivity index (χ0n) is 10.3. The van der Waals surface area contributed by atoms with Crippen molar-refractivity contribution in [2.45, 2.75) is 0 Å².